The van der Waals surface area contributed by atoms with E-state index in [-0.39, 0.29) is 19.0 Å². The normalized spacial score (nSPS) is 10.0. The third-order valence-corrected chi connectivity index (χ3v) is 2.53. The highest BCUT2D eigenvalue weighted by molar-refractivity contribution is 6.08. The summed E-state index contributed by atoms with van der Waals surface area (Å²) in [5, 5.41) is 10.6. The lowest BCUT2D eigenvalue weighted by atomic mass is 10.4. The number of anilines is 1. The van der Waals surface area contributed by atoms with E-state index in [9.17, 15) is 9.59 Å². The van der Waals surface area contributed by atoms with Crippen molar-refractivity contribution in [1.29, 1.82) is 0 Å². The summed E-state index contributed by atoms with van der Waals surface area (Å²) in [6.07, 6.45) is 2.86. The van der Waals surface area contributed by atoms with E-state index in [0.29, 0.717) is 12.8 Å². The van der Waals surface area contributed by atoms with E-state index in [0.717, 1.165) is 17.7 Å². The monoisotopic (exact) mass is 296 g/mol. The molecule has 1 rings (SSSR count). The van der Waals surface area contributed by atoms with Gasteiger partial charge in [-0.2, -0.15) is 4.90 Å². The molecule has 8 nitrogen and oxygen atoms in total. The molecule has 0 fully saturated rings. The molecule has 1 aromatic heterocycles. The fourth-order valence-corrected chi connectivity index (χ4v) is 1.35. The molecule has 8 heteroatoms. The molecule has 0 bridgehead atoms. The minimum atomic E-state index is -0.828. The number of rotatable bonds is 7. The average Bonchev–Trinajstić information content (AvgIpc) is 2.49. The van der Waals surface area contributed by atoms with Gasteiger partial charge in [0.25, 0.3) is 0 Å². The van der Waals surface area contributed by atoms with E-state index >= 15 is 0 Å². The topological polar surface area (TPSA) is 94.5 Å². The minimum absolute atomic E-state index is 0.0213. The predicted molar refractivity (Wildman–Crippen MR) is 74.8 cm³/mol. The third-order valence-electron chi connectivity index (χ3n) is 2.53. The number of amides is 2. The Hall–Kier alpha value is -2.25. The summed E-state index contributed by atoms with van der Waals surface area (Å²) in [7, 11) is 0. The van der Waals surface area contributed by atoms with Crippen LogP contribution in [0.2, 0.25) is 0 Å². The lowest BCUT2D eigenvalue weighted by Crippen LogP contribution is -2.39. The van der Waals surface area contributed by atoms with Gasteiger partial charge in [-0.1, -0.05) is 26.7 Å². The summed E-state index contributed by atoms with van der Waals surface area (Å²) in [6, 6.07) is 1.38. The summed E-state index contributed by atoms with van der Waals surface area (Å²) in [5.74, 6) is 0.0213. The first kappa shape index (κ1) is 16.8. The van der Waals surface area contributed by atoms with Crippen molar-refractivity contribution in [2.45, 2.75) is 39.5 Å². The summed E-state index contributed by atoms with van der Waals surface area (Å²) in [5.41, 5.74) is 0. The molecule has 0 unspecified atom stereocenters. The maximum absolute atomic E-state index is 12.0. The number of imide groups is 1. The molecule has 116 valence electrons. The third kappa shape index (κ3) is 5.72. The van der Waals surface area contributed by atoms with E-state index in [2.05, 4.69) is 15.4 Å². The Morgan fingerprint density at radius 2 is 1.67 bits per heavy atom. The lowest BCUT2D eigenvalue weighted by molar-refractivity contribution is 0.132. The summed E-state index contributed by atoms with van der Waals surface area (Å²) in [6.45, 7) is 4.40. The van der Waals surface area contributed by atoms with Crippen LogP contribution in [0.1, 0.15) is 39.5 Å². The van der Waals surface area contributed by atoms with Crippen LogP contribution >= 0.6 is 0 Å². The zero-order chi connectivity index (χ0) is 15.5. The Balaban J connectivity index is 2.75. The number of nitrogens with zero attached hydrogens (tertiary/aromatic N) is 4. The van der Waals surface area contributed by atoms with E-state index in [1.807, 2.05) is 13.8 Å². The highest BCUT2D eigenvalue weighted by atomic mass is 16.6. The van der Waals surface area contributed by atoms with Crippen LogP contribution in [-0.4, -0.2) is 40.8 Å². The van der Waals surface area contributed by atoms with Crippen molar-refractivity contribution in [2.75, 3.05) is 18.1 Å². The number of unbranched alkanes of at least 4 members (excludes halogenated alkanes) is 2. The second kappa shape index (κ2) is 9.62. The van der Waals surface area contributed by atoms with Gasteiger partial charge in [-0.25, -0.2) is 9.59 Å². The van der Waals surface area contributed by atoms with Crippen LogP contribution in [0.4, 0.5) is 15.4 Å². The lowest BCUT2D eigenvalue weighted by Gasteiger charge is -2.18. The number of aromatic nitrogens is 3. The molecule has 0 N–H and O–H groups in total. The second-order valence-corrected chi connectivity index (χ2v) is 4.25. The van der Waals surface area contributed by atoms with Crippen LogP contribution in [0.15, 0.2) is 12.3 Å². The molecule has 0 spiro atoms. The average molecular weight is 296 g/mol. The van der Waals surface area contributed by atoms with Gasteiger partial charge in [0.2, 0.25) is 0 Å². The summed E-state index contributed by atoms with van der Waals surface area (Å²) < 4.78 is 10.0. The van der Waals surface area contributed by atoms with Crippen molar-refractivity contribution in [3.8, 4) is 0 Å². The van der Waals surface area contributed by atoms with Gasteiger partial charge >= 0.3 is 12.2 Å². The SMILES string of the molecule is CCCCOC(=O)N(C(=O)OCCCC)c1ccnnn1. The fourth-order valence-electron chi connectivity index (χ4n) is 1.35. The minimum Gasteiger partial charge on any atom is -0.449 e. The first-order chi connectivity index (χ1) is 10.2. The molecule has 21 heavy (non-hydrogen) atoms. The Morgan fingerprint density at radius 3 is 2.10 bits per heavy atom. The molecule has 0 saturated carbocycles. The largest absolute Gasteiger partial charge is 0.449 e. The molecule has 0 radical (unpaired) electrons. The van der Waals surface area contributed by atoms with Crippen molar-refractivity contribution in [1.82, 2.24) is 15.4 Å². The predicted octanol–water partition coefficient (Wildman–Crippen LogP) is 2.55. The van der Waals surface area contributed by atoms with Gasteiger partial charge in [-0.3, -0.25) is 0 Å². The molecule has 1 heterocycles. The smallest absolute Gasteiger partial charge is 0.425 e. The maximum atomic E-state index is 12.0. The van der Waals surface area contributed by atoms with Gasteiger partial charge in [0, 0.05) is 6.07 Å². The van der Waals surface area contributed by atoms with Crippen LogP contribution in [0.3, 0.4) is 0 Å². The quantitative estimate of drug-likeness (QED) is 0.713. The standard InChI is InChI=1S/C13H20N4O4/c1-3-5-9-20-12(18)17(11-7-8-14-16-15-11)13(19)21-10-6-4-2/h7-8H,3-6,9-10H2,1-2H3. The second-order valence-electron chi connectivity index (χ2n) is 4.25. The number of carbonyl (C=O) groups excluding carboxylic acids is 2. The van der Waals surface area contributed by atoms with Gasteiger partial charge in [0.1, 0.15) is 0 Å². The van der Waals surface area contributed by atoms with Gasteiger partial charge in [0.15, 0.2) is 5.82 Å². The van der Waals surface area contributed by atoms with E-state index in [4.69, 9.17) is 9.47 Å². The number of ether oxygens (including phenoxy) is 2. The highest BCUT2D eigenvalue weighted by Gasteiger charge is 2.28. The first-order valence-electron chi connectivity index (χ1n) is 6.98. The zero-order valence-corrected chi connectivity index (χ0v) is 12.3. The molecule has 0 atom stereocenters. The Bertz CT molecular complexity index is 419. The van der Waals surface area contributed by atoms with E-state index in [1.54, 1.807) is 0 Å². The van der Waals surface area contributed by atoms with E-state index < -0.39 is 12.2 Å². The summed E-state index contributed by atoms with van der Waals surface area (Å²) in [4.78, 5) is 24.7. The van der Waals surface area contributed by atoms with Gasteiger partial charge in [-0.05, 0) is 18.1 Å². The van der Waals surface area contributed by atoms with Crippen molar-refractivity contribution in [3.05, 3.63) is 12.3 Å². The molecule has 0 aliphatic heterocycles. The molecule has 0 aliphatic carbocycles. The molecule has 2 amide bonds. The van der Waals surface area contributed by atoms with Gasteiger partial charge in [0.05, 0.1) is 19.4 Å². The number of carbonyl (C=O) groups is 2. The Labute approximate surface area is 123 Å². The Morgan fingerprint density at radius 1 is 1.10 bits per heavy atom. The number of hydrogen-bond donors (Lipinski definition) is 0. The molecule has 0 aliphatic rings. The van der Waals surface area contributed by atoms with Crippen LogP contribution in [0.5, 0.6) is 0 Å². The van der Waals surface area contributed by atoms with Crippen LogP contribution in [0, 0.1) is 0 Å². The molecular weight excluding hydrogens is 276 g/mol. The summed E-state index contributed by atoms with van der Waals surface area (Å²) >= 11 is 0. The van der Waals surface area contributed by atoms with Crippen LogP contribution in [-0.2, 0) is 9.47 Å². The van der Waals surface area contributed by atoms with Crippen molar-refractivity contribution >= 4 is 18.0 Å². The Kier molecular flexibility index (Phi) is 7.70. The van der Waals surface area contributed by atoms with Crippen LogP contribution < -0.4 is 4.90 Å². The van der Waals surface area contributed by atoms with E-state index in [1.165, 1.54) is 12.3 Å². The maximum Gasteiger partial charge on any atom is 0.425 e. The van der Waals surface area contributed by atoms with Gasteiger partial charge in [-0.15, -0.1) is 10.2 Å². The highest BCUT2D eigenvalue weighted by Crippen LogP contribution is 2.12. The van der Waals surface area contributed by atoms with Crippen LogP contribution in [0.25, 0.3) is 0 Å². The first-order valence-corrected chi connectivity index (χ1v) is 6.98. The van der Waals surface area contributed by atoms with Crippen molar-refractivity contribution in [2.24, 2.45) is 0 Å². The molecular formula is C13H20N4O4. The van der Waals surface area contributed by atoms with Crippen molar-refractivity contribution < 1.29 is 19.1 Å². The van der Waals surface area contributed by atoms with Crippen molar-refractivity contribution in [3.63, 3.8) is 0 Å². The fraction of sp³-hybridized carbons (Fsp3) is 0.615. The molecule has 0 aromatic carbocycles. The number of hydrogen-bond acceptors (Lipinski definition) is 7. The molecule has 0 saturated heterocycles. The zero-order valence-electron chi connectivity index (χ0n) is 12.3. The van der Waals surface area contributed by atoms with Gasteiger partial charge < -0.3 is 9.47 Å². The molecule has 1 aromatic rings.